The van der Waals surface area contributed by atoms with Gasteiger partial charge in [0.25, 0.3) is 0 Å². The molecule has 0 aliphatic carbocycles. The molecule has 0 bridgehead atoms. The third-order valence-electron chi connectivity index (χ3n) is 2.11. The monoisotopic (exact) mass is 310 g/mol. The van der Waals surface area contributed by atoms with Gasteiger partial charge >= 0.3 is 102 Å². The first-order valence-corrected chi connectivity index (χ1v) is 8.70. The first kappa shape index (κ1) is 12.1. The van der Waals surface area contributed by atoms with Crippen LogP contribution >= 0.6 is 0 Å². The molecule has 0 fully saturated rings. The molecule has 0 saturated heterocycles. The predicted octanol–water partition coefficient (Wildman–Crippen LogP) is 0.677. The van der Waals surface area contributed by atoms with Crippen LogP contribution in [0.15, 0.2) is 18.2 Å². The van der Waals surface area contributed by atoms with Crippen molar-refractivity contribution in [3.8, 4) is 0 Å². The van der Waals surface area contributed by atoms with Crippen molar-refractivity contribution < 1.29 is 19.8 Å². The van der Waals surface area contributed by atoms with Crippen molar-refractivity contribution in [2.24, 2.45) is 0 Å². The van der Waals surface area contributed by atoms with Crippen molar-refractivity contribution in [1.29, 1.82) is 0 Å². The molecule has 1 rings (SSSR count). The SMILES string of the molecule is O=C(O)c1cccc(C[CH2][InH2])c1C(=O)O. The minimum atomic E-state index is -1.19. The average Bonchev–Trinajstić information content (AvgIpc) is 2.17. The van der Waals surface area contributed by atoms with E-state index in [0.29, 0.717) is 36.4 Å². The zero-order valence-electron chi connectivity index (χ0n) is 8.36. The first-order chi connectivity index (χ1) is 7.07. The van der Waals surface area contributed by atoms with Crippen molar-refractivity contribution in [1.82, 2.24) is 0 Å². The van der Waals surface area contributed by atoms with Gasteiger partial charge in [0.2, 0.25) is 0 Å². The second-order valence-corrected chi connectivity index (χ2v) is 6.05. The molecule has 1 aromatic rings. The van der Waals surface area contributed by atoms with Gasteiger partial charge in [-0.15, -0.1) is 0 Å². The van der Waals surface area contributed by atoms with Crippen LogP contribution in [0.3, 0.4) is 0 Å². The fourth-order valence-electron chi connectivity index (χ4n) is 1.51. The number of hydrogen-bond donors (Lipinski definition) is 2. The zero-order valence-corrected chi connectivity index (χ0v) is 14.1. The van der Waals surface area contributed by atoms with E-state index >= 15 is 0 Å². The molecule has 1 aromatic carbocycles. The summed E-state index contributed by atoms with van der Waals surface area (Å²) in [5.41, 5.74) is 0.448. The van der Waals surface area contributed by atoms with Gasteiger partial charge in [0.15, 0.2) is 0 Å². The van der Waals surface area contributed by atoms with E-state index in [4.69, 9.17) is 10.2 Å². The number of aryl methyl sites for hydroxylation is 1. The maximum absolute atomic E-state index is 11.0. The number of carboxylic acids is 2. The molecular formula is C10H11InO4. The second-order valence-electron chi connectivity index (χ2n) is 3.20. The molecule has 0 heterocycles. The Labute approximate surface area is 101 Å². The number of hydrogen-bond acceptors (Lipinski definition) is 2. The molecule has 0 saturated carbocycles. The molecule has 15 heavy (non-hydrogen) atoms. The van der Waals surface area contributed by atoms with E-state index in [1.165, 1.54) is 6.07 Å². The number of aromatic carboxylic acids is 2. The summed E-state index contributed by atoms with van der Waals surface area (Å²) in [6.07, 6.45) is 0.666. The minimum absolute atomic E-state index is 0.0573. The van der Waals surface area contributed by atoms with Gasteiger partial charge in [-0.3, -0.25) is 0 Å². The van der Waals surface area contributed by atoms with Crippen LogP contribution in [0, 0.1) is 0 Å². The Morgan fingerprint density at radius 2 is 1.87 bits per heavy atom. The van der Waals surface area contributed by atoms with E-state index in [2.05, 4.69) is 0 Å². The molecule has 0 aliphatic rings. The van der Waals surface area contributed by atoms with Gasteiger partial charge in [-0.2, -0.15) is 0 Å². The van der Waals surface area contributed by atoms with Gasteiger partial charge in [-0.25, -0.2) is 0 Å². The normalized spacial score (nSPS) is 9.87. The fraction of sp³-hybridized carbons (Fsp3) is 0.200. The summed E-state index contributed by atoms with van der Waals surface area (Å²) < 4.78 is 0.991. The average molecular weight is 310 g/mol. The molecule has 0 atom stereocenters. The topological polar surface area (TPSA) is 74.6 Å². The van der Waals surface area contributed by atoms with Crippen LogP contribution in [0.2, 0.25) is 4.18 Å². The predicted molar refractivity (Wildman–Crippen MR) is 57.4 cm³/mol. The van der Waals surface area contributed by atoms with Crippen LogP contribution in [-0.4, -0.2) is 46.5 Å². The van der Waals surface area contributed by atoms with Crippen molar-refractivity contribution in [3.63, 3.8) is 0 Å². The van der Waals surface area contributed by atoms with Gasteiger partial charge in [0.05, 0.1) is 0 Å². The Bertz CT molecular complexity index is 400. The molecule has 78 valence electrons. The van der Waals surface area contributed by atoms with Crippen LogP contribution in [0.4, 0.5) is 0 Å². The van der Waals surface area contributed by atoms with Crippen LogP contribution in [-0.2, 0) is 6.42 Å². The third kappa shape index (κ3) is 2.75. The standard InChI is InChI=1S/C10H9O4.In.2H/c1-2-6-4-3-5-7(9(11)12)8(6)10(13)14;;;/h3-5H,1-2H2,(H,11,12)(H,13,14);;;. The van der Waals surface area contributed by atoms with E-state index < -0.39 is 11.9 Å². The second kappa shape index (κ2) is 5.21. The molecule has 2 N–H and O–H groups in total. The Morgan fingerprint density at radius 1 is 1.20 bits per heavy atom. The summed E-state index contributed by atoms with van der Waals surface area (Å²) in [7, 11) is 0. The van der Waals surface area contributed by atoms with Crippen LogP contribution in [0.25, 0.3) is 0 Å². The number of benzene rings is 1. The Balaban J connectivity index is 3.34. The molecule has 0 aromatic heterocycles. The Hall–Kier alpha value is -0.970. The molecule has 0 unspecified atom stereocenters. The third-order valence-corrected chi connectivity index (χ3v) is 3.54. The van der Waals surface area contributed by atoms with Gasteiger partial charge < -0.3 is 0 Å². The van der Waals surface area contributed by atoms with Gasteiger partial charge in [-0.1, -0.05) is 0 Å². The summed E-state index contributed by atoms with van der Waals surface area (Å²) in [5, 5.41) is 17.8. The first-order valence-electron chi connectivity index (χ1n) is 4.66. The Kier molecular flexibility index (Phi) is 4.20. The quantitative estimate of drug-likeness (QED) is 0.857. The van der Waals surface area contributed by atoms with E-state index in [1.54, 1.807) is 12.1 Å². The summed E-state index contributed by atoms with van der Waals surface area (Å²) in [6, 6.07) is 4.61. The van der Waals surface area contributed by atoms with Crippen molar-refractivity contribution in [3.05, 3.63) is 34.9 Å². The summed E-state index contributed by atoms with van der Waals surface area (Å²) in [4.78, 5) is 21.8. The summed E-state index contributed by atoms with van der Waals surface area (Å²) in [6.45, 7) is 0. The molecule has 0 spiro atoms. The van der Waals surface area contributed by atoms with Crippen molar-refractivity contribution >= 4 is 36.3 Å². The van der Waals surface area contributed by atoms with Gasteiger partial charge in [0, 0.05) is 0 Å². The fourth-order valence-corrected chi connectivity index (χ4v) is 3.05. The van der Waals surface area contributed by atoms with E-state index in [1.807, 2.05) is 0 Å². The van der Waals surface area contributed by atoms with Crippen LogP contribution < -0.4 is 0 Å². The molecule has 0 radical (unpaired) electrons. The molecule has 4 nitrogen and oxygen atoms in total. The molecular weight excluding hydrogens is 299 g/mol. The number of carboxylic acid groups (broad SMARTS) is 2. The van der Waals surface area contributed by atoms with E-state index in [0.717, 1.165) is 4.18 Å². The summed E-state index contributed by atoms with van der Waals surface area (Å²) in [5.74, 6) is -2.35. The number of carbonyl (C=O) groups is 2. The van der Waals surface area contributed by atoms with Gasteiger partial charge in [-0.05, 0) is 0 Å². The maximum atomic E-state index is 11.0. The van der Waals surface area contributed by atoms with Crippen LogP contribution in [0.1, 0.15) is 26.3 Å². The zero-order chi connectivity index (χ0) is 11.4. The van der Waals surface area contributed by atoms with Crippen molar-refractivity contribution in [2.75, 3.05) is 0 Å². The number of rotatable bonds is 4. The van der Waals surface area contributed by atoms with Crippen molar-refractivity contribution in [2.45, 2.75) is 10.6 Å². The Morgan fingerprint density at radius 3 is 2.33 bits per heavy atom. The van der Waals surface area contributed by atoms with E-state index in [-0.39, 0.29) is 11.1 Å². The molecule has 0 aliphatic heterocycles. The van der Waals surface area contributed by atoms with Crippen LogP contribution in [0.5, 0.6) is 0 Å². The van der Waals surface area contributed by atoms with E-state index in [9.17, 15) is 9.59 Å². The molecule has 0 amide bonds. The summed E-state index contributed by atoms with van der Waals surface area (Å²) >= 11 is 0.488. The van der Waals surface area contributed by atoms with Gasteiger partial charge in [0.1, 0.15) is 0 Å². The molecule has 5 heteroatoms.